The van der Waals surface area contributed by atoms with Gasteiger partial charge in [0.05, 0.1) is 32.4 Å². The van der Waals surface area contributed by atoms with E-state index in [2.05, 4.69) is 29.4 Å². The maximum absolute atomic E-state index is 13.1. The number of aryl methyl sites for hydroxylation is 1. The van der Waals surface area contributed by atoms with Gasteiger partial charge in [0.2, 0.25) is 11.8 Å². The first-order chi connectivity index (χ1) is 26.0. The fourth-order valence-corrected chi connectivity index (χ4v) is 7.18. The number of methoxy groups -OCH3 is 2. The topological polar surface area (TPSA) is 121 Å². The quantitative estimate of drug-likeness (QED) is 0.189. The number of rotatable bonds is 15. The third-order valence-corrected chi connectivity index (χ3v) is 10.2. The summed E-state index contributed by atoms with van der Waals surface area (Å²) in [6, 6.07) is 12.2. The summed E-state index contributed by atoms with van der Waals surface area (Å²) in [4.78, 5) is 56.8. The van der Waals surface area contributed by atoms with E-state index in [0.29, 0.717) is 49.7 Å². The molecule has 0 aliphatic carbocycles. The van der Waals surface area contributed by atoms with Crippen LogP contribution in [0.1, 0.15) is 117 Å². The Morgan fingerprint density at radius 3 is 2.04 bits per heavy atom. The molecule has 2 aromatic carbocycles. The predicted octanol–water partition coefficient (Wildman–Crippen LogP) is 7.99. The number of Topliss-reactive ketones (excluding diaryl/α,β-unsaturated/α-hetero) is 1. The van der Waals surface area contributed by atoms with Gasteiger partial charge in [0.25, 0.3) is 0 Å². The fraction of sp³-hybridized carbons (Fsp3) is 0.628. The highest BCUT2D eigenvalue weighted by atomic mass is 16.5. The number of ketones is 1. The van der Waals surface area contributed by atoms with E-state index in [0.717, 1.165) is 17.2 Å². The van der Waals surface area contributed by atoms with Crippen molar-refractivity contribution in [2.24, 2.45) is 0 Å². The zero-order valence-electron chi connectivity index (χ0n) is 34.7. The van der Waals surface area contributed by atoms with Gasteiger partial charge < -0.3 is 34.8 Å². The molecule has 2 aromatic rings. The van der Waals surface area contributed by atoms with E-state index in [-0.39, 0.29) is 30.1 Å². The van der Waals surface area contributed by atoms with Gasteiger partial charge in [-0.25, -0.2) is 4.79 Å². The van der Waals surface area contributed by atoms with Crippen LogP contribution < -0.4 is 20.1 Å². The van der Waals surface area contributed by atoms with Crippen molar-refractivity contribution in [3.63, 3.8) is 0 Å². The Morgan fingerprint density at radius 2 is 1.50 bits per heavy atom. The van der Waals surface area contributed by atoms with E-state index in [9.17, 15) is 19.2 Å². The van der Waals surface area contributed by atoms with Crippen LogP contribution in [0.5, 0.6) is 11.5 Å². The van der Waals surface area contributed by atoms with Crippen molar-refractivity contribution in [2.45, 2.75) is 137 Å². The summed E-state index contributed by atoms with van der Waals surface area (Å²) in [6.07, 6.45) is 11.0. The zero-order chi connectivity index (χ0) is 40.0. The van der Waals surface area contributed by atoms with E-state index in [1.165, 1.54) is 79.2 Å². The number of amides is 4. The summed E-state index contributed by atoms with van der Waals surface area (Å²) >= 11 is 0. The minimum absolute atomic E-state index is 0.00236. The van der Waals surface area contributed by atoms with Gasteiger partial charge in [-0.3, -0.25) is 14.4 Å². The smallest absolute Gasteiger partial charge is 0.319 e. The third-order valence-electron chi connectivity index (χ3n) is 10.2. The number of carbonyl (C=O) groups excluding carboxylic acids is 4. The normalized spacial score (nSPS) is 15.1. The first-order valence-electron chi connectivity index (χ1n) is 20.1. The summed E-state index contributed by atoms with van der Waals surface area (Å²) in [5.41, 5.74) is 2.60. The van der Waals surface area contributed by atoms with Crippen molar-refractivity contribution in [2.75, 3.05) is 45.7 Å². The minimum atomic E-state index is -0.985. The average Bonchev–Trinajstić information content (AvgIpc) is 3.18. The lowest BCUT2D eigenvalue weighted by atomic mass is 10.00. The Hall–Kier alpha value is -4.12. The van der Waals surface area contributed by atoms with E-state index >= 15 is 0 Å². The fourth-order valence-electron chi connectivity index (χ4n) is 7.18. The van der Waals surface area contributed by atoms with Gasteiger partial charge in [0, 0.05) is 44.7 Å². The zero-order valence-corrected chi connectivity index (χ0v) is 34.7. The maximum Gasteiger partial charge on any atom is 0.319 e. The molecule has 2 heterocycles. The lowest BCUT2D eigenvalue weighted by Crippen LogP contribution is -2.50. The Kier molecular flexibility index (Phi) is 21.4. The van der Waals surface area contributed by atoms with E-state index in [1.807, 2.05) is 49.9 Å². The highest BCUT2D eigenvalue weighted by Crippen LogP contribution is 2.29. The van der Waals surface area contributed by atoms with Crippen LogP contribution in [0.25, 0.3) is 0 Å². The van der Waals surface area contributed by atoms with Crippen LogP contribution >= 0.6 is 0 Å². The van der Waals surface area contributed by atoms with Crippen molar-refractivity contribution in [3.8, 4) is 11.5 Å². The summed E-state index contributed by atoms with van der Waals surface area (Å²) in [7, 11) is 2.98. The van der Waals surface area contributed by atoms with Crippen LogP contribution in [0, 0.1) is 6.92 Å². The van der Waals surface area contributed by atoms with Crippen molar-refractivity contribution < 1.29 is 28.7 Å². The number of hydrogen-bond donors (Lipinski definition) is 2. The number of nitrogens with zero attached hydrogens (tertiary/aromatic N) is 3. The first-order valence-corrected chi connectivity index (χ1v) is 20.1. The van der Waals surface area contributed by atoms with E-state index < -0.39 is 12.1 Å². The van der Waals surface area contributed by atoms with Crippen molar-refractivity contribution in [1.82, 2.24) is 20.0 Å². The van der Waals surface area contributed by atoms with Crippen molar-refractivity contribution in [1.29, 1.82) is 0 Å². The molecular weight excluding hydrogens is 683 g/mol. The SMILES string of the molecule is CC.CCCC(CCC)N1CCCCC1.COc1ccc(OC)c(NC(=O)NC(CC(=O)N2CCC(N(Cc3ccccc3C)C(C)=O)CC2)C(C)=O)c1. The van der Waals surface area contributed by atoms with Crippen LogP contribution in [-0.4, -0.2) is 96.9 Å². The molecule has 0 spiro atoms. The maximum atomic E-state index is 13.1. The van der Waals surface area contributed by atoms with Crippen LogP contribution in [0.15, 0.2) is 42.5 Å². The monoisotopic (exact) mass is 752 g/mol. The van der Waals surface area contributed by atoms with Crippen LogP contribution in [0.3, 0.4) is 0 Å². The molecule has 11 nitrogen and oxygen atoms in total. The lowest BCUT2D eigenvalue weighted by Gasteiger charge is -2.38. The summed E-state index contributed by atoms with van der Waals surface area (Å²) < 4.78 is 10.5. The molecule has 302 valence electrons. The molecule has 2 aliphatic rings. The predicted molar refractivity (Wildman–Crippen MR) is 218 cm³/mol. The lowest BCUT2D eigenvalue weighted by molar-refractivity contribution is -0.137. The van der Waals surface area contributed by atoms with Gasteiger partial charge >= 0.3 is 6.03 Å². The second kappa shape index (κ2) is 25.1. The molecule has 4 amide bonds. The highest BCUT2D eigenvalue weighted by Gasteiger charge is 2.31. The number of urea groups is 1. The summed E-state index contributed by atoms with van der Waals surface area (Å²) in [6.45, 7) is 17.8. The van der Waals surface area contributed by atoms with Gasteiger partial charge in [0.15, 0.2) is 5.78 Å². The molecule has 1 atom stereocenters. The number of nitrogens with one attached hydrogen (secondary N) is 2. The molecular formula is C43H69N5O6. The van der Waals surface area contributed by atoms with Gasteiger partial charge in [0.1, 0.15) is 11.5 Å². The Morgan fingerprint density at radius 1 is 0.870 bits per heavy atom. The Bertz CT molecular complexity index is 1430. The molecule has 0 saturated carbocycles. The second-order valence-electron chi connectivity index (χ2n) is 14.0. The molecule has 11 heteroatoms. The summed E-state index contributed by atoms with van der Waals surface area (Å²) in [5, 5.41) is 5.26. The molecule has 2 aliphatic heterocycles. The highest BCUT2D eigenvalue weighted by molar-refractivity contribution is 5.96. The van der Waals surface area contributed by atoms with E-state index in [4.69, 9.17) is 9.47 Å². The minimum Gasteiger partial charge on any atom is -0.497 e. The number of carbonyl (C=O) groups is 4. The first kappa shape index (κ1) is 46.0. The molecule has 2 N–H and O–H groups in total. The van der Waals surface area contributed by atoms with Gasteiger partial charge in [-0.1, -0.05) is 71.2 Å². The van der Waals surface area contributed by atoms with Crippen LogP contribution in [-0.2, 0) is 20.9 Å². The third kappa shape index (κ3) is 15.0. The van der Waals surface area contributed by atoms with Gasteiger partial charge in [-0.05, 0) is 88.7 Å². The Balaban J connectivity index is 0.000000563. The van der Waals surface area contributed by atoms with Gasteiger partial charge in [-0.15, -0.1) is 0 Å². The molecule has 0 radical (unpaired) electrons. The number of hydrogen-bond acceptors (Lipinski definition) is 7. The largest absolute Gasteiger partial charge is 0.497 e. The number of benzene rings is 2. The van der Waals surface area contributed by atoms with Crippen LogP contribution in [0.4, 0.5) is 10.5 Å². The number of ether oxygens (including phenoxy) is 2. The average molecular weight is 752 g/mol. The van der Waals surface area contributed by atoms with Crippen LogP contribution in [0.2, 0.25) is 0 Å². The van der Waals surface area contributed by atoms with Crippen molar-refractivity contribution in [3.05, 3.63) is 53.6 Å². The van der Waals surface area contributed by atoms with E-state index in [1.54, 1.807) is 30.0 Å². The summed E-state index contributed by atoms with van der Waals surface area (Å²) in [5.74, 6) is 0.400. The number of likely N-dealkylation sites (tertiary alicyclic amines) is 2. The number of piperidine rings is 2. The molecule has 2 saturated heterocycles. The Labute approximate surface area is 325 Å². The van der Waals surface area contributed by atoms with Crippen molar-refractivity contribution >= 4 is 29.3 Å². The molecule has 2 fully saturated rings. The van der Waals surface area contributed by atoms with Gasteiger partial charge in [-0.2, -0.15) is 0 Å². The molecule has 0 aromatic heterocycles. The molecule has 1 unspecified atom stereocenters. The number of anilines is 1. The molecule has 54 heavy (non-hydrogen) atoms. The molecule has 0 bridgehead atoms. The molecule has 4 rings (SSSR count). The standard InChI is InChI=1S/C29H38N4O6.C12H25N.C2H6/c1-19-8-6-7-9-22(19)18-33(21(3)35)23-12-14-32(15-13-23)28(36)17-25(20(2)34)30-29(37)31-26-16-24(38-4)10-11-27(26)39-5;1-3-8-12(9-4-2)13-10-6-5-7-11-13;1-2/h6-11,16,23,25H,12-15,17-18H2,1-5H3,(H2,30,31,37);12H,3-11H2,1-2H3;1-2H3. The second-order valence-corrected chi connectivity index (χ2v) is 14.0.